The van der Waals surface area contributed by atoms with Crippen molar-refractivity contribution >= 4 is 5.91 Å². The molecule has 4 nitrogen and oxygen atoms in total. The summed E-state index contributed by atoms with van der Waals surface area (Å²) in [7, 11) is 0. The number of nitrogens with two attached hydrogens (primary N) is 1. The largest absolute Gasteiger partial charge is 0.493 e. The number of benzene rings is 1. The second-order valence-corrected chi connectivity index (χ2v) is 5.31. The van der Waals surface area contributed by atoms with E-state index in [1.165, 1.54) is 5.56 Å². The molecule has 2 unspecified atom stereocenters. The number of hydrogen-bond donors (Lipinski definition) is 2. The van der Waals surface area contributed by atoms with Crippen molar-refractivity contribution in [3.05, 3.63) is 28.3 Å². The van der Waals surface area contributed by atoms with Gasteiger partial charge in [-0.15, -0.1) is 0 Å². The van der Waals surface area contributed by atoms with Crippen molar-refractivity contribution in [2.75, 3.05) is 6.61 Å². The van der Waals surface area contributed by atoms with Crippen LogP contribution in [0.3, 0.4) is 0 Å². The SMILES string of the molecule is CC(=O)NC1CCOc2c1cc(C(C)N)c(C)c2C. The Hall–Kier alpha value is -1.55. The van der Waals surface area contributed by atoms with E-state index in [0.717, 1.165) is 28.9 Å². The van der Waals surface area contributed by atoms with Crippen LogP contribution in [0.5, 0.6) is 5.75 Å². The molecule has 19 heavy (non-hydrogen) atoms. The number of hydrogen-bond acceptors (Lipinski definition) is 3. The molecular formula is C15H22N2O2. The van der Waals surface area contributed by atoms with E-state index < -0.39 is 0 Å². The predicted molar refractivity (Wildman–Crippen MR) is 75.2 cm³/mol. The van der Waals surface area contributed by atoms with Crippen LogP contribution in [0.1, 0.15) is 54.6 Å². The fourth-order valence-electron chi connectivity index (χ4n) is 2.70. The van der Waals surface area contributed by atoms with Crippen LogP contribution in [0.4, 0.5) is 0 Å². The summed E-state index contributed by atoms with van der Waals surface area (Å²) in [5.41, 5.74) is 10.5. The summed E-state index contributed by atoms with van der Waals surface area (Å²) in [6.07, 6.45) is 0.799. The summed E-state index contributed by atoms with van der Waals surface area (Å²) >= 11 is 0. The molecule has 0 radical (unpaired) electrons. The van der Waals surface area contributed by atoms with Crippen molar-refractivity contribution < 1.29 is 9.53 Å². The Morgan fingerprint density at radius 2 is 2.16 bits per heavy atom. The molecule has 0 aliphatic carbocycles. The zero-order valence-corrected chi connectivity index (χ0v) is 12.0. The highest BCUT2D eigenvalue weighted by atomic mass is 16.5. The van der Waals surface area contributed by atoms with Crippen LogP contribution in [-0.4, -0.2) is 12.5 Å². The average Bonchev–Trinajstić information content (AvgIpc) is 2.33. The molecule has 0 saturated heterocycles. The standard InChI is InChI=1S/C15H22N2O2/c1-8-9(2)15-13(7-12(8)10(3)16)14(5-6-19-15)17-11(4)18/h7,10,14H,5-6,16H2,1-4H3,(H,17,18). The van der Waals surface area contributed by atoms with E-state index in [9.17, 15) is 4.79 Å². The van der Waals surface area contributed by atoms with Crippen LogP contribution >= 0.6 is 0 Å². The molecule has 0 fully saturated rings. The van der Waals surface area contributed by atoms with Gasteiger partial charge in [-0.25, -0.2) is 0 Å². The Balaban J connectivity index is 2.53. The fourth-order valence-corrected chi connectivity index (χ4v) is 2.70. The maximum Gasteiger partial charge on any atom is 0.217 e. The molecule has 0 spiro atoms. The molecule has 1 aromatic rings. The van der Waals surface area contributed by atoms with Crippen molar-refractivity contribution in [1.29, 1.82) is 0 Å². The highest BCUT2D eigenvalue weighted by molar-refractivity contribution is 5.73. The van der Waals surface area contributed by atoms with E-state index in [4.69, 9.17) is 10.5 Å². The lowest BCUT2D eigenvalue weighted by molar-refractivity contribution is -0.119. The molecule has 104 valence electrons. The Bertz CT molecular complexity index is 509. The van der Waals surface area contributed by atoms with Gasteiger partial charge in [0.25, 0.3) is 0 Å². The molecule has 1 aromatic carbocycles. The maximum atomic E-state index is 11.3. The summed E-state index contributed by atoms with van der Waals surface area (Å²) in [4.78, 5) is 11.3. The van der Waals surface area contributed by atoms with E-state index in [-0.39, 0.29) is 18.0 Å². The molecule has 2 atom stereocenters. The predicted octanol–water partition coefficient (Wildman–Crippen LogP) is 2.28. The number of amides is 1. The van der Waals surface area contributed by atoms with Gasteiger partial charge in [0.2, 0.25) is 5.91 Å². The lowest BCUT2D eigenvalue weighted by Crippen LogP contribution is -2.31. The Morgan fingerprint density at radius 1 is 1.47 bits per heavy atom. The van der Waals surface area contributed by atoms with E-state index in [0.29, 0.717) is 6.61 Å². The van der Waals surface area contributed by atoms with Crippen LogP contribution in [-0.2, 0) is 4.79 Å². The minimum absolute atomic E-state index is 0.0153. The minimum atomic E-state index is -0.0242. The average molecular weight is 262 g/mol. The first kappa shape index (κ1) is 13.9. The van der Waals surface area contributed by atoms with Gasteiger partial charge in [0, 0.05) is 24.9 Å². The molecule has 3 N–H and O–H groups in total. The number of fused-ring (bicyclic) bond motifs is 1. The van der Waals surface area contributed by atoms with E-state index in [1.807, 2.05) is 6.92 Å². The molecule has 4 heteroatoms. The van der Waals surface area contributed by atoms with Crippen LogP contribution in [0.2, 0.25) is 0 Å². The van der Waals surface area contributed by atoms with Gasteiger partial charge in [0.05, 0.1) is 12.6 Å². The van der Waals surface area contributed by atoms with Crippen molar-refractivity contribution in [2.24, 2.45) is 5.73 Å². The Labute approximate surface area is 114 Å². The molecule has 0 aromatic heterocycles. The third-order valence-corrected chi connectivity index (χ3v) is 3.81. The van der Waals surface area contributed by atoms with Gasteiger partial charge in [-0.05, 0) is 43.5 Å². The van der Waals surface area contributed by atoms with Crippen LogP contribution in [0.25, 0.3) is 0 Å². The molecule has 0 bridgehead atoms. The zero-order valence-electron chi connectivity index (χ0n) is 12.0. The van der Waals surface area contributed by atoms with Gasteiger partial charge in [-0.3, -0.25) is 4.79 Å². The summed E-state index contributed by atoms with van der Waals surface area (Å²) in [6.45, 7) is 8.28. The Morgan fingerprint density at radius 3 is 2.74 bits per heavy atom. The second kappa shape index (κ2) is 5.21. The topological polar surface area (TPSA) is 64.3 Å². The number of carbonyl (C=O) groups is 1. The van der Waals surface area contributed by atoms with Gasteiger partial charge >= 0.3 is 0 Å². The molecular weight excluding hydrogens is 240 g/mol. The number of carbonyl (C=O) groups excluding carboxylic acids is 1. The molecule has 2 rings (SSSR count). The van der Waals surface area contributed by atoms with Gasteiger partial charge in [0.1, 0.15) is 5.75 Å². The highest BCUT2D eigenvalue weighted by Gasteiger charge is 2.26. The summed E-state index contributed by atoms with van der Waals surface area (Å²) in [6, 6.07) is 2.09. The number of rotatable bonds is 2. The molecule has 1 heterocycles. The van der Waals surface area contributed by atoms with E-state index in [1.54, 1.807) is 6.92 Å². The van der Waals surface area contributed by atoms with Gasteiger partial charge < -0.3 is 15.8 Å². The van der Waals surface area contributed by atoms with Crippen molar-refractivity contribution in [3.8, 4) is 5.75 Å². The summed E-state index contributed by atoms with van der Waals surface area (Å²) < 4.78 is 5.79. The fraction of sp³-hybridized carbons (Fsp3) is 0.533. The van der Waals surface area contributed by atoms with Gasteiger partial charge in [-0.1, -0.05) is 0 Å². The first-order valence-electron chi connectivity index (χ1n) is 6.71. The lowest BCUT2D eigenvalue weighted by atomic mass is 9.89. The highest BCUT2D eigenvalue weighted by Crippen LogP contribution is 2.39. The van der Waals surface area contributed by atoms with Crippen LogP contribution in [0.15, 0.2) is 6.07 Å². The molecule has 0 saturated carbocycles. The first-order chi connectivity index (χ1) is 8.91. The monoisotopic (exact) mass is 262 g/mol. The number of nitrogens with one attached hydrogen (secondary N) is 1. The van der Waals surface area contributed by atoms with Crippen molar-refractivity contribution in [3.63, 3.8) is 0 Å². The summed E-state index contributed by atoms with van der Waals surface area (Å²) in [5.74, 6) is 0.894. The molecule has 1 aliphatic rings. The third kappa shape index (κ3) is 2.59. The minimum Gasteiger partial charge on any atom is -0.493 e. The van der Waals surface area contributed by atoms with Gasteiger partial charge in [-0.2, -0.15) is 0 Å². The van der Waals surface area contributed by atoms with Crippen molar-refractivity contribution in [1.82, 2.24) is 5.32 Å². The number of ether oxygens (including phenoxy) is 1. The quantitative estimate of drug-likeness (QED) is 0.859. The van der Waals surface area contributed by atoms with E-state index in [2.05, 4.69) is 25.2 Å². The molecule has 1 aliphatic heterocycles. The first-order valence-corrected chi connectivity index (χ1v) is 6.71. The lowest BCUT2D eigenvalue weighted by Gasteiger charge is -2.30. The van der Waals surface area contributed by atoms with Gasteiger partial charge in [0.15, 0.2) is 0 Å². The third-order valence-electron chi connectivity index (χ3n) is 3.81. The Kier molecular flexibility index (Phi) is 3.80. The maximum absolute atomic E-state index is 11.3. The van der Waals surface area contributed by atoms with Crippen molar-refractivity contribution in [2.45, 2.75) is 46.2 Å². The second-order valence-electron chi connectivity index (χ2n) is 5.31. The summed E-state index contributed by atoms with van der Waals surface area (Å²) in [5, 5.41) is 2.99. The van der Waals surface area contributed by atoms with Crippen LogP contribution in [0, 0.1) is 13.8 Å². The normalized spacial score (nSPS) is 19.3. The van der Waals surface area contributed by atoms with E-state index >= 15 is 0 Å². The zero-order chi connectivity index (χ0) is 14.2. The smallest absolute Gasteiger partial charge is 0.217 e. The van der Waals surface area contributed by atoms with Crippen LogP contribution < -0.4 is 15.8 Å². The molecule has 1 amide bonds.